The van der Waals surface area contributed by atoms with Crippen LogP contribution in [0, 0.1) is 11.3 Å². The van der Waals surface area contributed by atoms with E-state index in [-0.39, 0.29) is 26.6 Å². The molecule has 2 heterocycles. The molecule has 0 bridgehead atoms. The Morgan fingerprint density at radius 3 is 2.12 bits per heavy atom. The van der Waals surface area contributed by atoms with Crippen LogP contribution in [0.25, 0.3) is 22.3 Å². The molecular formula is C27H25Cl2IN3-. The number of benzene rings is 2. The van der Waals surface area contributed by atoms with Crippen LogP contribution >= 0.6 is 23.2 Å². The van der Waals surface area contributed by atoms with Crippen molar-refractivity contribution >= 4 is 28.9 Å². The van der Waals surface area contributed by atoms with Crippen molar-refractivity contribution in [1.29, 1.82) is 5.26 Å². The summed E-state index contributed by atoms with van der Waals surface area (Å²) in [7, 11) is 0. The molecule has 170 valence electrons. The fraction of sp³-hybridized carbons (Fsp3) is 0.333. The van der Waals surface area contributed by atoms with Crippen LogP contribution in [0.3, 0.4) is 0 Å². The van der Waals surface area contributed by atoms with E-state index in [9.17, 15) is 5.26 Å². The van der Waals surface area contributed by atoms with Crippen molar-refractivity contribution in [2.75, 3.05) is 22.9 Å². The number of hydrogen-bond acceptors (Lipinski definition) is 3. The summed E-state index contributed by atoms with van der Waals surface area (Å²) in [5.41, 5.74) is 6.32. The number of anilines is 1. The van der Waals surface area contributed by atoms with Gasteiger partial charge in [-0.3, -0.25) is 0 Å². The van der Waals surface area contributed by atoms with Gasteiger partial charge in [0.2, 0.25) is 0 Å². The molecule has 5 rings (SSSR count). The third kappa shape index (κ3) is 4.60. The van der Waals surface area contributed by atoms with Crippen LogP contribution in [0.5, 0.6) is 0 Å². The topological polar surface area (TPSA) is 39.9 Å². The third-order valence-corrected chi connectivity index (χ3v) is 10.3. The maximum atomic E-state index is 9.57. The van der Waals surface area contributed by atoms with E-state index >= 15 is 0 Å². The molecule has 3 aromatic rings. The van der Waals surface area contributed by atoms with E-state index in [0.29, 0.717) is 10.0 Å². The van der Waals surface area contributed by atoms with Gasteiger partial charge < -0.3 is 0 Å². The molecular weight excluding hydrogens is 564 g/mol. The van der Waals surface area contributed by atoms with Gasteiger partial charge in [0.25, 0.3) is 0 Å². The molecule has 0 N–H and O–H groups in total. The zero-order valence-corrected chi connectivity index (χ0v) is 22.2. The monoisotopic (exact) mass is 588 g/mol. The summed E-state index contributed by atoms with van der Waals surface area (Å²) in [4.78, 5) is 9.53. The van der Waals surface area contributed by atoms with E-state index in [4.69, 9.17) is 23.2 Å². The van der Waals surface area contributed by atoms with Gasteiger partial charge in [-0.15, -0.1) is 0 Å². The molecule has 1 saturated carbocycles. The molecule has 2 aliphatic rings. The van der Waals surface area contributed by atoms with Crippen molar-refractivity contribution in [2.24, 2.45) is 0 Å². The van der Waals surface area contributed by atoms with Gasteiger partial charge in [-0.05, 0) is 0 Å². The molecule has 2 fully saturated rings. The number of nitriles is 1. The molecule has 0 amide bonds. The second-order valence-corrected chi connectivity index (χ2v) is 12.8. The summed E-state index contributed by atoms with van der Waals surface area (Å²) in [5, 5.41) is 10.8. The Bertz CT molecular complexity index is 1190. The summed E-state index contributed by atoms with van der Waals surface area (Å²) in [5.74, 6) is 0. The molecule has 0 atom stereocenters. The normalized spacial score (nSPS) is 17.7. The number of rotatable bonds is 5. The molecule has 2 aromatic carbocycles. The zero-order chi connectivity index (χ0) is 23.0. The van der Waals surface area contributed by atoms with Crippen LogP contribution in [0.15, 0.2) is 54.9 Å². The van der Waals surface area contributed by atoms with E-state index in [1.165, 1.54) is 18.5 Å². The average molecular weight is 589 g/mol. The third-order valence-electron chi connectivity index (χ3n) is 6.85. The van der Waals surface area contributed by atoms with Gasteiger partial charge in [0.1, 0.15) is 0 Å². The van der Waals surface area contributed by atoms with Gasteiger partial charge in [0.05, 0.1) is 0 Å². The zero-order valence-electron chi connectivity index (χ0n) is 18.5. The molecule has 1 aliphatic heterocycles. The molecule has 3 nitrogen and oxygen atoms in total. The van der Waals surface area contributed by atoms with Crippen molar-refractivity contribution in [3.63, 3.8) is 0 Å². The van der Waals surface area contributed by atoms with Gasteiger partial charge in [-0.1, -0.05) is 0 Å². The van der Waals surface area contributed by atoms with Crippen LogP contribution < -0.4 is 26.1 Å². The summed E-state index contributed by atoms with van der Waals surface area (Å²) < 4.78 is 0.898. The predicted octanol–water partition coefficient (Wildman–Crippen LogP) is 3.97. The summed E-state index contributed by atoms with van der Waals surface area (Å²) in [6.45, 7) is 2.10. The summed E-state index contributed by atoms with van der Waals surface area (Å²) >= 11 is 13.0. The number of piperidine rings is 1. The molecule has 0 radical (unpaired) electrons. The van der Waals surface area contributed by atoms with Gasteiger partial charge in [0, 0.05) is 0 Å². The SMILES string of the molecule is C[I-]C1CCN(c2c(-c3ccc(C4(C#N)CC4)cc3)cncc2-c2cc(Cl)cc(Cl)c2)CC1. The molecule has 1 aromatic heterocycles. The first-order valence-electron chi connectivity index (χ1n) is 11.2. The van der Waals surface area contributed by atoms with E-state index in [2.05, 4.69) is 45.1 Å². The minimum absolute atomic E-state index is 0.272. The van der Waals surface area contributed by atoms with Gasteiger partial charge in [0.15, 0.2) is 0 Å². The van der Waals surface area contributed by atoms with E-state index in [1.54, 1.807) is 6.07 Å². The van der Waals surface area contributed by atoms with E-state index < -0.39 is 0 Å². The first kappa shape index (κ1) is 23.0. The predicted molar refractivity (Wildman–Crippen MR) is 133 cm³/mol. The maximum absolute atomic E-state index is 9.57. The first-order valence-corrected chi connectivity index (χ1v) is 15.4. The average Bonchev–Trinajstić information content (AvgIpc) is 3.65. The Balaban J connectivity index is 1.61. The molecule has 33 heavy (non-hydrogen) atoms. The fourth-order valence-corrected chi connectivity index (χ4v) is 7.10. The van der Waals surface area contributed by atoms with Crippen molar-refractivity contribution < 1.29 is 21.2 Å². The van der Waals surface area contributed by atoms with Crippen molar-refractivity contribution in [1.82, 2.24) is 4.98 Å². The van der Waals surface area contributed by atoms with Gasteiger partial charge in [-0.25, -0.2) is 0 Å². The summed E-state index contributed by atoms with van der Waals surface area (Å²) in [6.07, 6.45) is 8.29. The van der Waals surface area contributed by atoms with Crippen LogP contribution in [0.2, 0.25) is 10.0 Å². The van der Waals surface area contributed by atoms with Gasteiger partial charge in [-0.2, -0.15) is 5.26 Å². The Morgan fingerprint density at radius 2 is 1.58 bits per heavy atom. The Kier molecular flexibility index (Phi) is 6.57. The Hall–Kier alpha value is -1.81. The second-order valence-electron chi connectivity index (χ2n) is 8.89. The number of nitrogens with zero attached hydrogens (tertiary/aromatic N) is 3. The number of halogens is 3. The molecule has 0 unspecified atom stereocenters. The number of hydrogen-bond donors (Lipinski definition) is 0. The Labute approximate surface area is 216 Å². The standard InChI is InChI=1S/C27H25Cl2IN3/c1-30-23-6-10-33(11-7-23)26-24(18-2-4-20(5-3-18)27(17-31)8-9-27)15-32-16-25(26)19-12-21(28)14-22(29)13-19/h2-5,12-16,23H,6-11H2,1H3/q-1. The van der Waals surface area contributed by atoms with E-state index in [1.807, 2.05) is 24.5 Å². The molecule has 1 aliphatic carbocycles. The quantitative estimate of drug-likeness (QED) is 0.335. The fourth-order valence-electron chi connectivity index (χ4n) is 4.77. The molecule has 1 saturated heterocycles. The van der Waals surface area contributed by atoms with Crippen LogP contribution in [0.1, 0.15) is 31.2 Å². The number of aromatic nitrogens is 1. The minimum atomic E-state index is -0.274. The van der Waals surface area contributed by atoms with E-state index in [0.717, 1.165) is 57.7 Å². The number of alkyl halides is 2. The first-order chi connectivity index (χ1) is 16.0. The second kappa shape index (κ2) is 9.44. The van der Waals surface area contributed by atoms with Crippen molar-refractivity contribution in [3.8, 4) is 28.3 Å². The van der Waals surface area contributed by atoms with Gasteiger partial charge >= 0.3 is 212 Å². The van der Waals surface area contributed by atoms with Crippen molar-refractivity contribution in [2.45, 2.75) is 35.0 Å². The van der Waals surface area contributed by atoms with Crippen LogP contribution in [-0.2, 0) is 5.41 Å². The summed E-state index contributed by atoms with van der Waals surface area (Å²) in [6, 6.07) is 16.7. The number of pyridine rings is 1. The molecule has 6 heteroatoms. The Morgan fingerprint density at radius 1 is 0.970 bits per heavy atom. The van der Waals surface area contributed by atoms with Crippen molar-refractivity contribution in [3.05, 3.63) is 70.5 Å². The van der Waals surface area contributed by atoms with Crippen LogP contribution in [0.4, 0.5) is 5.69 Å². The van der Waals surface area contributed by atoms with Crippen LogP contribution in [-0.4, -0.2) is 26.9 Å². The molecule has 0 spiro atoms.